The summed E-state index contributed by atoms with van der Waals surface area (Å²) in [6.45, 7) is 12.9. The van der Waals surface area contributed by atoms with Crippen LogP contribution in [0.4, 0.5) is 39.5 Å². The van der Waals surface area contributed by atoms with Gasteiger partial charge in [0, 0.05) is 47.1 Å². The number of ether oxygens (including phenoxy) is 5. The first-order valence-electron chi connectivity index (χ1n) is 21.1. The van der Waals surface area contributed by atoms with Crippen molar-refractivity contribution in [2.75, 3.05) is 13.2 Å². The van der Waals surface area contributed by atoms with E-state index in [1.165, 1.54) is 19.1 Å². The lowest BCUT2D eigenvalue weighted by molar-refractivity contribution is -0.275. The molecule has 0 saturated heterocycles. The van der Waals surface area contributed by atoms with Crippen LogP contribution in [0, 0.1) is 27.7 Å². The number of alkyl halides is 9. The number of carboxylic acids is 1. The summed E-state index contributed by atoms with van der Waals surface area (Å²) in [6, 6.07) is 16.2. The van der Waals surface area contributed by atoms with Gasteiger partial charge in [-0.2, -0.15) is 0 Å². The lowest BCUT2D eigenvalue weighted by Gasteiger charge is -2.15. The summed E-state index contributed by atoms with van der Waals surface area (Å²) >= 11 is 3.47. The number of aryl methyl sites for hydroxylation is 4. The van der Waals surface area contributed by atoms with Crippen molar-refractivity contribution in [2.45, 2.75) is 98.8 Å². The molecule has 0 fully saturated rings. The first-order chi connectivity index (χ1) is 32.2. The zero-order valence-corrected chi connectivity index (χ0v) is 39.3. The number of hydrogen-bond donors (Lipinski definition) is 1. The van der Waals surface area contributed by atoms with Crippen molar-refractivity contribution in [3.63, 3.8) is 0 Å². The molecule has 3 aromatic carbocycles. The van der Waals surface area contributed by atoms with Gasteiger partial charge in [-0.05, 0) is 141 Å². The normalized spacial score (nSPS) is 16.1. The molecule has 1 N–H and O–H groups in total. The van der Waals surface area contributed by atoms with Gasteiger partial charge in [0.2, 0.25) is 0 Å². The van der Waals surface area contributed by atoms with E-state index in [4.69, 9.17) is 19.6 Å². The van der Waals surface area contributed by atoms with Crippen LogP contribution in [-0.2, 0) is 35.4 Å². The van der Waals surface area contributed by atoms with Crippen molar-refractivity contribution in [3.8, 4) is 51.3 Å². The Morgan fingerprint density at radius 3 is 1.54 bits per heavy atom. The Balaban J connectivity index is 0.000000180. The molecule has 22 heteroatoms. The molecule has 2 aliphatic heterocycles. The van der Waals surface area contributed by atoms with E-state index in [2.05, 4.69) is 49.2 Å². The second kappa shape index (κ2) is 21.2. The van der Waals surface area contributed by atoms with Gasteiger partial charge in [-0.25, -0.2) is 14.8 Å². The molecule has 69 heavy (non-hydrogen) atoms. The summed E-state index contributed by atoms with van der Waals surface area (Å²) in [5, 5.41) is 8.57. The fourth-order valence-electron chi connectivity index (χ4n) is 7.60. The predicted molar refractivity (Wildman–Crippen MR) is 237 cm³/mol. The first kappa shape index (κ1) is 52.2. The third-order valence-corrected chi connectivity index (χ3v) is 11.2. The SMILES string of the molecule is Cc1cc(-c2nc(-c3ccc(OC(F)(F)F)c(C)c3)n3c2CCO[C@H](C)C3)ccn1.Cc1cc(-c2nc(Br)c3n2C[C@@H](C)OCC3)ccc1OC(F)(F)F.Cc1cc(C(=O)O)ccc1OC(F)(F)F. The predicted octanol–water partition coefficient (Wildman–Crippen LogP) is 12.2. The molecule has 0 saturated carbocycles. The first-order valence-corrected chi connectivity index (χ1v) is 21.9. The largest absolute Gasteiger partial charge is 0.573 e. The number of aromatic carboxylic acids is 1. The minimum Gasteiger partial charge on any atom is -0.478 e. The number of benzene rings is 3. The maximum atomic E-state index is 12.6. The summed E-state index contributed by atoms with van der Waals surface area (Å²) in [4.78, 5) is 24.2. The third-order valence-electron chi connectivity index (χ3n) is 10.6. The highest BCUT2D eigenvalue weighted by atomic mass is 79.9. The van der Waals surface area contributed by atoms with E-state index < -0.39 is 30.8 Å². The van der Waals surface area contributed by atoms with Crippen LogP contribution in [0.5, 0.6) is 17.2 Å². The van der Waals surface area contributed by atoms with Crippen LogP contribution < -0.4 is 14.2 Å². The van der Waals surface area contributed by atoms with E-state index in [9.17, 15) is 44.3 Å². The van der Waals surface area contributed by atoms with Crippen LogP contribution in [0.15, 0.2) is 77.5 Å². The van der Waals surface area contributed by atoms with Gasteiger partial charge < -0.3 is 37.9 Å². The van der Waals surface area contributed by atoms with E-state index in [0.717, 1.165) is 68.7 Å². The number of rotatable bonds is 7. The molecule has 0 amide bonds. The van der Waals surface area contributed by atoms with E-state index in [0.29, 0.717) is 55.5 Å². The fourth-order valence-corrected chi connectivity index (χ4v) is 8.18. The molecule has 12 nitrogen and oxygen atoms in total. The van der Waals surface area contributed by atoms with Crippen molar-refractivity contribution in [1.29, 1.82) is 0 Å². The number of carboxylic acid groups (broad SMARTS) is 1. The highest BCUT2D eigenvalue weighted by Crippen LogP contribution is 2.36. The Kier molecular flexibility index (Phi) is 16.1. The van der Waals surface area contributed by atoms with Crippen LogP contribution in [0.25, 0.3) is 34.0 Å². The standard InChI is InChI=1S/C22H22F3N3O2.C16H16BrF3N2O2.C9H7F3O3/c1-13-10-17(4-5-19(13)30-22(23,24)25)21-27-20(16-6-8-26-14(2)11-16)18-7-9-29-15(3)12-28(18)21;1-9-7-11(3-4-13(9)24-16(18,19)20)15-21-14(17)12-5-6-23-10(2)8-22(12)15;1-5-4-6(8(13)14)2-3-7(5)15-9(10,11)12/h4-6,8,10-11,15H,7,9,12H2,1-3H3;3-4,7,10H,5-6,8H2,1-2H3;2-4H,1H3,(H,13,14)/t15-;10-;/m11./s1. The van der Waals surface area contributed by atoms with Crippen molar-refractivity contribution in [2.24, 2.45) is 0 Å². The molecule has 2 atom stereocenters. The number of pyridine rings is 1. The zero-order chi connectivity index (χ0) is 50.6. The van der Waals surface area contributed by atoms with Gasteiger partial charge in [0.25, 0.3) is 0 Å². The quantitative estimate of drug-likeness (QED) is 0.154. The highest BCUT2D eigenvalue weighted by molar-refractivity contribution is 9.10. The molecule has 3 aromatic heterocycles. The van der Waals surface area contributed by atoms with E-state index >= 15 is 0 Å². The maximum Gasteiger partial charge on any atom is 0.573 e. The molecule has 2 aliphatic rings. The lowest BCUT2D eigenvalue weighted by Crippen LogP contribution is -2.18. The Morgan fingerprint density at radius 2 is 1.09 bits per heavy atom. The molecule has 0 radical (unpaired) electrons. The molecule has 0 spiro atoms. The molecule has 0 aliphatic carbocycles. The van der Waals surface area contributed by atoms with Crippen LogP contribution in [0.1, 0.15) is 58.0 Å². The second-order valence-electron chi connectivity index (χ2n) is 16.1. The Morgan fingerprint density at radius 1 is 0.638 bits per heavy atom. The number of halogens is 10. The number of hydrogen-bond acceptors (Lipinski definition) is 9. The Labute approximate surface area is 398 Å². The monoisotopic (exact) mass is 1040 g/mol. The van der Waals surface area contributed by atoms with Crippen molar-refractivity contribution >= 4 is 21.9 Å². The summed E-state index contributed by atoms with van der Waals surface area (Å²) < 4.78 is 139. The second-order valence-corrected chi connectivity index (χ2v) is 16.8. The third kappa shape index (κ3) is 14.0. The molecule has 5 heterocycles. The zero-order valence-electron chi connectivity index (χ0n) is 37.7. The number of nitrogens with zero attached hydrogens (tertiary/aromatic N) is 5. The van der Waals surface area contributed by atoms with Gasteiger partial charge in [0.05, 0.1) is 55.5 Å². The summed E-state index contributed by atoms with van der Waals surface area (Å²) in [5.41, 5.74) is 7.07. The van der Waals surface area contributed by atoms with Crippen molar-refractivity contribution in [1.82, 2.24) is 24.1 Å². The number of aromatic nitrogens is 5. The van der Waals surface area contributed by atoms with Gasteiger partial charge in [-0.3, -0.25) is 4.98 Å². The molecule has 0 bridgehead atoms. The maximum absolute atomic E-state index is 12.6. The number of carbonyl (C=O) groups is 1. The van der Waals surface area contributed by atoms with Crippen LogP contribution in [-0.4, -0.2) is 79.7 Å². The van der Waals surface area contributed by atoms with E-state index in [1.807, 2.05) is 32.9 Å². The molecular weight excluding hydrogens is 997 g/mol. The van der Waals surface area contributed by atoms with Gasteiger partial charge in [-0.1, -0.05) is 0 Å². The van der Waals surface area contributed by atoms with Gasteiger partial charge in [-0.15, -0.1) is 39.5 Å². The minimum atomic E-state index is -4.77. The Bertz CT molecular complexity index is 2790. The van der Waals surface area contributed by atoms with E-state index in [1.54, 1.807) is 44.3 Å². The number of imidazole rings is 2. The average molecular weight is 1040 g/mol. The van der Waals surface area contributed by atoms with Crippen LogP contribution in [0.2, 0.25) is 0 Å². The van der Waals surface area contributed by atoms with Gasteiger partial charge >= 0.3 is 25.1 Å². The average Bonchev–Trinajstić information content (AvgIpc) is 3.56. The molecule has 370 valence electrons. The molecule has 6 aromatic rings. The summed E-state index contributed by atoms with van der Waals surface area (Å²) in [6.07, 6.45) is -11.0. The van der Waals surface area contributed by atoms with Crippen LogP contribution >= 0.6 is 15.9 Å². The summed E-state index contributed by atoms with van der Waals surface area (Å²) in [7, 11) is 0. The molecule has 0 unspecified atom stereocenters. The van der Waals surface area contributed by atoms with Crippen LogP contribution in [0.3, 0.4) is 0 Å². The van der Waals surface area contributed by atoms with Gasteiger partial charge in [0.15, 0.2) is 0 Å². The van der Waals surface area contributed by atoms with Crippen molar-refractivity contribution in [3.05, 3.63) is 117 Å². The molecular formula is C47H45BrF9N5O7. The smallest absolute Gasteiger partial charge is 0.478 e. The Hall–Kier alpha value is -6.13. The topological polar surface area (TPSA) is 132 Å². The highest BCUT2D eigenvalue weighted by Gasteiger charge is 2.34. The fraction of sp³-hybridized carbons (Fsp3) is 0.362. The lowest BCUT2D eigenvalue weighted by atomic mass is 10.1. The van der Waals surface area contributed by atoms with Crippen molar-refractivity contribution < 1.29 is 73.1 Å². The minimum absolute atomic E-state index is 0.000147. The van der Waals surface area contributed by atoms with Gasteiger partial charge in [0.1, 0.15) is 33.5 Å². The molecule has 8 rings (SSSR count). The van der Waals surface area contributed by atoms with E-state index in [-0.39, 0.29) is 34.8 Å². The number of fused-ring (bicyclic) bond motifs is 2. The summed E-state index contributed by atoms with van der Waals surface area (Å²) in [5.74, 6) is -0.603.